The maximum atomic E-state index is 11.5. The van der Waals surface area contributed by atoms with E-state index in [2.05, 4.69) is 15.5 Å². The van der Waals surface area contributed by atoms with E-state index in [1.807, 2.05) is 0 Å². The SMILES string of the molecule is NC(=O)C1CCCCC1NCc1nc(C2CCCC2)no1. The average molecular weight is 292 g/mol. The zero-order chi connectivity index (χ0) is 14.7. The van der Waals surface area contributed by atoms with Gasteiger partial charge in [0.1, 0.15) is 0 Å². The van der Waals surface area contributed by atoms with Crippen molar-refractivity contribution in [1.82, 2.24) is 15.5 Å². The van der Waals surface area contributed by atoms with Crippen LogP contribution in [-0.4, -0.2) is 22.1 Å². The number of aromatic nitrogens is 2. The van der Waals surface area contributed by atoms with Crippen LogP contribution in [0.15, 0.2) is 4.52 Å². The van der Waals surface area contributed by atoms with Gasteiger partial charge in [-0.15, -0.1) is 0 Å². The molecule has 21 heavy (non-hydrogen) atoms. The lowest BCUT2D eigenvalue weighted by atomic mass is 9.84. The van der Waals surface area contributed by atoms with Gasteiger partial charge in [-0.25, -0.2) is 0 Å². The third-order valence-corrected chi connectivity index (χ3v) is 4.85. The minimum Gasteiger partial charge on any atom is -0.369 e. The van der Waals surface area contributed by atoms with E-state index in [1.165, 1.54) is 25.7 Å². The number of carbonyl (C=O) groups excluding carboxylic acids is 1. The minimum absolute atomic E-state index is 0.0732. The molecular formula is C15H24N4O2. The van der Waals surface area contributed by atoms with Crippen molar-refractivity contribution in [2.45, 2.75) is 69.9 Å². The molecule has 2 saturated carbocycles. The number of hydrogen-bond acceptors (Lipinski definition) is 5. The summed E-state index contributed by atoms with van der Waals surface area (Å²) in [6.45, 7) is 0.522. The van der Waals surface area contributed by atoms with Crippen molar-refractivity contribution < 1.29 is 9.32 Å². The quantitative estimate of drug-likeness (QED) is 0.864. The van der Waals surface area contributed by atoms with Crippen molar-refractivity contribution in [2.75, 3.05) is 0 Å². The molecule has 0 bridgehead atoms. The largest absolute Gasteiger partial charge is 0.369 e. The standard InChI is InChI=1S/C15H24N4O2/c16-14(20)11-7-3-4-8-12(11)17-9-13-18-15(19-21-13)10-5-1-2-6-10/h10-12,17H,1-9H2,(H2,16,20). The lowest BCUT2D eigenvalue weighted by molar-refractivity contribution is -0.123. The first-order valence-electron chi connectivity index (χ1n) is 8.09. The van der Waals surface area contributed by atoms with E-state index in [1.54, 1.807) is 0 Å². The Balaban J connectivity index is 1.55. The highest BCUT2D eigenvalue weighted by molar-refractivity contribution is 5.77. The Morgan fingerprint density at radius 2 is 1.90 bits per heavy atom. The average Bonchev–Trinajstić information content (AvgIpc) is 3.16. The Morgan fingerprint density at radius 3 is 2.67 bits per heavy atom. The third kappa shape index (κ3) is 3.43. The summed E-state index contributed by atoms with van der Waals surface area (Å²) in [6.07, 6.45) is 8.93. The fraction of sp³-hybridized carbons (Fsp3) is 0.800. The van der Waals surface area contributed by atoms with Gasteiger partial charge in [0.25, 0.3) is 0 Å². The van der Waals surface area contributed by atoms with Crippen molar-refractivity contribution in [3.8, 4) is 0 Å². The van der Waals surface area contributed by atoms with E-state index >= 15 is 0 Å². The molecule has 0 aliphatic heterocycles. The highest BCUT2D eigenvalue weighted by atomic mass is 16.5. The molecule has 1 aromatic heterocycles. The van der Waals surface area contributed by atoms with E-state index in [0.29, 0.717) is 18.4 Å². The molecule has 0 saturated heterocycles. The summed E-state index contributed by atoms with van der Waals surface area (Å²) in [4.78, 5) is 16.0. The summed E-state index contributed by atoms with van der Waals surface area (Å²) in [5.74, 6) is 1.65. The van der Waals surface area contributed by atoms with E-state index in [0.717, 1.165) is 31.5 Å². The second kappa shape index (κ2) is 6.56. The fourth-order valence-electron chi connectivity index (χ4n) is 3.62. The van der Waals surface area contributed by atoms with Gasteiger partial charge in [0.05, 0.1) is 12.5 Å². The van der Waals surface area contributed by atoms with E-state index < -0.39 is 0 Å². The number of rotatable bonds is 5. The van der Waals surface area contributed by atoms with Crippen LogP contribution in [0.2, 0.25) is 0 Å². The summed E-state index contributed by atoms with van der Waals surface area (Å²) in [6, 6.07) is 0.137. The maximum absolute atomic E-state index is 11.5. The molecule has 3 rings (SSSR count). The Morgan fingerprint density at radius 1 is 1.19 bits per heavy atom. The van der Waals surface area contributed by atoms with Gasteiger partial charge < -0.3 is 15.6 Å². The van der Waals surface area contributed by atoms with Gasteiger partial charge in [0.15, 0.2) is 5.82 Å². The second-order valence-electron chi connectivity index (χ2n) is 6.31. The van der Waals surface area contributed by atoms with Crippen molar-refractivity contribution in [3.63, 3.8) is 0 Å². The number of hydrogen-bond donors (Lipinski definition) is 2. The zero-order valence-corrected chi connectivity index (χ0v) is 12.4. The first-order chi connectivity index (χ1) is 10.2. The lowest BCUT2D eigenvalue weighted by Gasteiger charge is -2.29. The minimum atomic E-state index is -0.204. The number of nitrogens with zero attached hydrogens (tertiary/aromatic N) is 2. The van der Waals surface area contributed by atoms with Crippen LogP contribution < -0.4 is 11.1 Å². The van der Waals surface area contributed by atoms with Crippen LogP contribution in [0.4, 0.5) is 0 Å². The molecule has 0 aromatic carbocycles. The Hall–Kier alpha value is -1.43. The van der Waals surface area contributed by atoms with Crippen LogP contribution in [0.5, 0.6) is 0 Å². The molecule has 1 amide bonds. The molecule has 2 aliphatic carbocycles. The summed E-state index contributed by atoms with van der Waals surface area (Å²) in [5, 5.41) is 7.47. The molecule has 6 nitrogen and oxygen atoms in total. The van der Waals surface area contributed by atoms with Crippen LogP contribution in [0.25, 0.3) is 0 Å². The molecule has 1 aromatic rings. The molecular weight excluding hydrogens is 268 g/mol. The Kier molecular flexibility index (Phi) is 4.53. The van der Waals surface area contributed by atoms with Crippen LogP contribution in [0.1, 0.15) is 69.0 Å². The summed E-state index contributed by atoms with van der Waals surface area (Å²) < 4.78 is 5.32. The van der Waals surface area contributed by atoms with Gasteiger partial charge in [0.2, 0.25) is 11.8 Å². The van der Waals surface area contributed by atoms with Crippen molar-refractivity contribution in [3.05, 3.63) is 11.7 Å². The molecule has 2 unspecified atom stereocenters. The molecule has 0 radical (unpaired) electrons. The molecule has 3 N–H and O–H groups in total. The summed E-state index contributed by atoms with van der Waals surface area (Å²) >= 11 is 0. The van der Waals surface area contributed by atoms with Gasteiger partial charge in [-0.05, 0) is 25.7 Å². The molecule has 2 fully saturated rings. The van der Waals surface area contributed by atoms with Crippen molar-refractivity contribution >= 4 is 5.91 Å². The zero-order valence-electron chi connectivity index (χ0n) is 12.4. The molecule has 2 aliphatic rings. The monoisotopic (exact) mass is 292 g/mol. The van der Waals surface area contributed by atoms with Crippen LogP contribution >= 0.6 is 0 Å². The maximum Gasteiger partial charge on any atom is 0.240 e. The molecule has 0 spiro atoms. The van der Waals surface area contributed by atoms with Crippen LogP contribution in [-0.2, 0) is 11.3 Å². The molecule has 6 heteroatoms. The molecule has 2 atom stereocenters. The van der Waals surface area contributed by atoms with Crippen LogP contribution in [0, 0.1) is 5.92 Å². The lowest BCUT2D eigenvalue weighted by Crippen LogP contribution is -2.44. The summed E-state index contributed by atoms with van der Waals surface area (Å²) in [7, 11) is 0. The normalized spacial score (nSPS) is 27.0. The van der Waals surface area contributed by atoms with Gasteiger partial charge in [0, 0.05) is 12.0 Å². The Labute approximate surface area is 124 Å². The number of carbonyl (C=O) groups is 1. The number of amides is 1. The molecule has 1 heterocycles. The predicted octanol–water partition coefficient (Wildman–Crippen LogP) is 1.86. The van der Waals surface area contributed by atoms with Gasteiger partial charge in [-0.2, -0.15) is 4.98 Å². The van der Waals surface area contributed by atoms with Crippen molar-refractivity contribution in [1.29, 1.82) is 0 Å². The first-order valence-corrected chi connectivity index (χ1v) is 8.09. The van der Waals surface area contributed by atoms with Crippen LogP contribution in [0.3, 0.4) is 0 Å². The van der Waals surface area contributed by atoms with Gasteiger partial charge in [-0.3, -0.25) is 4.79 Å². The fourth-order valence-corrected chi connectivity index (χ4v) is 3.62. The third-order valence-electron chi connectivity index (χ3n) is 4.85. The van der Waals surface area contributed by atoms with E-state index in [4.69, 9.17) is 10.3 Å². The highest BCUT2D eigenvalue weighted by Gasteiger charge is 2.29. The smallest absolute Gasteiger partial charge is 0.240 e. The number of nitrogens with one attached hydrogen (secondary N) is 1. The van der Waals surface area contributed by atoms with Crippen molar-refractivity contribution in [2.24, 2.45) is 11.7 Å². The first kappa shape index (κ1) is 14.5. The Bertz CT molecular complexity index is 482. The summed E-state index contributed by atoms with van der Waals surface area (Å²) in [5.41, 5.74) is 5.48. The molecule has 116 valence electrons. The predicted molar refractivity (Wildman–Crippen MR) is 77.3 cm³/mol. The van der Waals surface area contributed by atoms with E-state index in [-0.39, 0.29) is 17.9 Å². The number of primary amides is 1. The van der Waals surface area contributed by atoms with Gasteiger partial charge in [-0.1, -0.05) is 30.8 Å². The highest BCUT2D eigenvalue weighted by Crippen LogP contribution is 2.32. The topological polar surface area (TPSA) is 94.0 Å². The van der Waals surface area contributed by atoms with E-state index in [9.17, 15) is 4.79 Å². The number of nitrogens with two attached hydrogens (primary N) is 1. The van der Waals surface area contributed by atoms with Gasteiger partial charge >= 0.3 is 0 Å². The second-order valence-corrected chi connectivity index (χ2v) is 6.31.